The molecule has 0 N–H and O–H groups in total. The SMILES string of the molecule is CCC(=O)Cn1nnn(C(=O)N(c2ccc(Cl)cc2)C(C)C)c1=O. The normalized spacial score (nSPS) is 10.9. The summed E-state index contributed by atoms with van der Waals surface area (Å²) in [6, 6.07) is 5.78. The molecule has 0 bridgehead atoms. The summed E-state index contributed by atoms with van der Waals surface area (Å²) in [4.78, 5) is 37.8. The number of hydrogen-bond acceptors (Lipinski definition) is 5. The summed E-state index contributed by atoms with van der Waals surface area (Å²) in [5.41, 5.74) is -0.174. The number of benzene rings is 1. The average Bonchev–Trinajstić information content (AvgIpc) is 2.90. The predicted molar refractivity (Wildman–Crippen MR) is 89.4 cm³/mol. The smallest absolute Gasteiger partial charge is 0.298 e. The highest BCUT2D eigenvalue weighted by Crippen LogP contribution is 2.20. The van der Waals surface area contributed by atoms with Crippen LogP contribution in [0.5, 0.6) is 0 Å². The number of amides is 1. The molecular formula is C15H18ClN5O3. The van der Waals surface area contributed by atoms with Crippen molar-refractivity contribution in [3.05, 3.63) is 39.8 Å². The van der Waals surface area contributed by atoms with Crippen LogP contribution in [0.2, 0.25) is 5.02 Å². The summed E-state index contributed by atoms with van der Waals surface area (Å²) in [6.07, 6.45) is 0.274. The van der Waals surface area contributed by atoms with Gasteiger partial charge in [0.2, 0.25) is 0 Å². The summed E-state index contributed by atoms with van der Waals surface area (Å²) >= 11 is 5.87. The number of anilines is 1. The number of ketones is 1. The molecule has 1 heterocycles. The van der Waals surface area contributed by atoms with E-state index in [2.05, 4.69) is 10.4 Å². The third-order valence-corrected chi connectivity index (χ3v) is 3.62. The maximum Gasteiger partial charge on any atom is 0.372 e. The number of halogens is 1. The van der Waals surface area contributed by atoms with Crippen molar-refractivity contribution in [2.75, 3.05) is 4.90 Å². The molecule has 1 aromatic heterocycles. The van der Waals surface area contributed by atoms with E-state index >= 15 is 0 Å². The Labute approximate surface area is 143 Å². The molecule has 0 atom stereocenters. The minimum atomic E-state index is -0.749. The highest BCUT2D eigenvalue weighted by Gasteiger charge is 2.25. The van der Waals surface area contributed by atoms with Gasteiger partial charge in [-0.2, -0.15) is 4.68 Å². The number of tetrazole rings is 1. The summed E-state index contributed by atoms with van der Waals surface area (Å²) < 4.78 is 1.53. The van der Waals surface area contributed by atoms with Crippen molar-refractivity contribution >= 4 is 29.1 Å². The number of carbonyl (C=O) groups excluding carboxylic acids is 2. The molecule has 0 radical (unpaired) electrons. The first-order chi connectivity index (χ1) is 11.3. The Morgan fingerprint density at radius 1 is 1.21 bits per heavy atom. The van der Waals surface area contributed by atoms with Gasteiger partial charge in [-0.05, 0) is 48.5 Å². The van der Waals surface area contributed by atoms with Gasteiger partial charge in [-0.15, -0.1) is 4.68 Å². The lowest BCUT2D eigenvalue weighted by Crippen LogP contribution is -2.45. The molecule has 0 saturated carbocycles. The van der Waals surface area contributed by atoms with E-state index < -0.39 is 11.7 Å². The molecule has 128 valence electrons. The van der Waals surface area contributed by atoms with E-state index in [1.165, 1.54) is 4.90 Å². The van der Waals surface area contributed by atoms with Gasteiger partial charge >= 0.3 is 11.7 Å². The largest absolute Gasteiger partial charge is 0.372 e. The summed E-state index contributed by atoms with van der Waals surface area (Å²) in [5.74, 6) is -0.171. The number of rotatable bonds is 5. The Balaban J connectivity index is 2.36. The van der Waals surface area contributed by atoms with Gasteiger partial charge in [0.05, 0.1) is 0 Å². The van der Waals surface area contributed by atoms with Gasteiger partial charge in [-0.25, -0.2) is 9.59 Å². The molecule has 0 aliphatic carbocycles. The molecule has 8 nitrogen and oxygen atoms in total. The molecule has 24 heavy (non-hydrogen) atoms. The average molecular weight is 352 g/mol. The first-order valence-electron chi connectivity index (χ1n) is 7.48. The van der Waals surface area contributed by atoms with Gasteiger partial charge in [0.1, 0.15) is 6.54 Å². The molecule has 1 amide bonds. The molecule has 0 aliphatic heterocycles. The second-order valence-electron chi connectivity index (χ2n) is 5.45. The Kier molecular flexibility index (Phi) is 5.50. The topological polar surface area (TPSA) is 90.1 Å². The number of carbonyl (C=O) groups is 2. The van der Waals surface area contributed by atoms with Crippen LogP contribution in [0.3, 0.4) is 0 Å². The van der Waals surface area contributed by atoms with Gasteiger partial charge in [-0.3, -0.25) is 9.69 Å². The third-order valence-electron chi connectivity index (χ3n) is 3.37. The lowest BCUT2D eigenvalue weighted by molar-refractivity contribution is -0.119. The van der Waals surface area contributed by atoms with Crippen LogP contribution in [-0.4, -0.2) is 37.6 Å². The van der Waals surface area contributed by atoms with Gasteiger partial charge < -0.3 is 0 Å². The van der Waals surface area contributed by atoms with Crippen LogP contribution in [-0.2, 0) is 11.3 Å². The molecule has 0 spiro atoms. The number of hydrogen-bond donors (Lipinski definition) is 0. The fourth-order valence-corrected chi connectivity index (χ4v) is 2.23. The van der Waals surface area contributed by atoms with Gasteiger partial charge in [-0.1, -0.05) is 18.5 Å². The van der Waals surface area contributed by atoms with Gasteiger partial charge in [0.15, 0.2) is 5.78 Å². The fraction of sp³-hybridized carbons (Fsp3) is 0.400. The van der Waals surface area contributed by atoms with Crippen LogP contribution >= 0.6 is 11.6 Å². The number of aromatic nitrogens is 4. The molecule has 0 saturated heterocycles. The lowest BCUT2D eigenvalue weighted by atomic mass is 10.2. The van der Waals surface area contributed by atoms with Gasteiger partial charge in [0, 0.05) is 23.2 Å². The van der Waals surface area contributed by atoms with E-state index in [0.717, 1.165) is 4.68 Å². The number of Topliss-reactive ketones (excluding diaryl/α,β-unsaturated/α-hetero) is 1. The summed E-state index contributed by atoms with van der Waals surface area (Å²) in [7, 11) is 0. The van der Waals surface area contributed by atoms with E-state index in [1.807, 2.05) is 13.8 Å². The monoisotopic (exact) mass is 351 g/mol. The zero-order chi connectivity index (χ0) is 17.9. The molecule has 0 aliphatic rings. The van der Waals surface area contributed by atoms with Gasteiger partial charge in [0.25, 0.3) is 0 Å². The second-order valence-corrected chi connectivity index (χ2v) is 5.88. The summed E-state index contributed by atoms with van der Waals surface area (Å²) in [5, 5.41) is 7.74. The summed E-state index contributed by atoms with van der Waals surface area (Å²) in [6.45, 7) is 5.10. The highest BCUT2D eigenvalue weighted by molar-refractivity contribution is 6.30. The molecule has 9 heteroatoms. The number of nitrogens with zero attached hydrogens (tertiary/aromatic N) is 5. The van der Waals surface area contributed by atoms with Crippen molar-refractivity contribution in [1.29, 1.82) is 0 Å². The van der Waals surface area contributed by atoms with Crippen molar-refractivity contribution in [1.82, 2.24) is 19.8 Å². The van der Waals surface area contributed by atoms with Crippen molar-refractivity contribution < 1.29 is 9.59 Å². The van der Waals surface area contributed by atoms with Crippen LogP contribution in [0.4, 0.5) is 10.5 Å². The second kappa shape index (κ2) is 7.39. The van der Waals surface area contributed by atoms with Crippen LogP contribution in [0, 0.1) is 0 Å². The van der Waals surface area contributed by atoms with Crippen LogP contribution in [0.25, 0.3) is 0 Å². The molecular weight excluding hydrogens is 334 g/mol. The molecule has 1 aromatic carbocycles. The molecule has 2 aromatic rings. The van der Waals surface area contributed by atoms with E-state index in [1.54, 1.807) is 31.2 Å². The predicted octanol–water partition coefficient (Wildman–Crippen LogP) is 1.96. The zero-order valence-electron chi connectivity index (χ0n) is 13.6. The first kappa shape index (κ1) is 17.9. The van der Waals surface area contributed by atoms with Crippen LogP contribution < -0.4 is 10.6 Å². The minimum Gasteiger partial charge on any atom is -0.298 e. The molecule has 2 rings (SSSR count). The Morgan fingerprint density at radius 2 is 1.83 bits per heavy atom. The Bertz CT molecular complexity index is 794. The molecule has 0 unspecified atom stereocenters. The first-order valence-corrected chi connectivity index (χ1v) is 7.86. The quantitative estimate of drug-likeness (QED) is 0.768. The van der Waals surface area contributed by atoms with Crippen molar-refractivity contribution in [3.63, 3.8) is 0 Å². The van der Waals surface area contributed by atoms with E-state index in [0.29, 0.717) is 15.4 Å². The lowest BCUT2D eigenvalue weighted by Gasteiger charge is -2.25. The fourth-order valence-electron chi connectivity index (χ4n) is 2.11. The zero-order valence-corrected chi connectivity index (χ0v) is 14.4. The van der Waals surface area contributed by atoms with Crippen molar-refractivity contribution in [2.45, 2.75) is 39.8 Å². The Hall–Kier alpha value is -2.48. The maximum atomic E-state index is 12.7. The van der Waals surface area contributed by atoms with Crippen molar-refractivity contribution in [2.24, 2.45) is 0 Å². The van der Waals surface area contributed by atoms with Crippen LogP contribution in [0.1, 0.15) is 27.2 Å². The highest BCUT2D eigenvalue weighted by atomic mass is 35.5. The van der Waals surface area contributed by atoms with E-state index in [4.69, 9.17) is 11.6 Å². The van der Waals surface area contributed by atoms with Crippen LogP contribution in [0.15, 0.2) is 29.1 Å². The maximum absolute atomic E-state index is 12.7. The third kappa shape index (κ3) is 3.70. The van der Waals surface area contributed by atoms with E-state index in [-0.39, 0.29) is 24.8 Å². The molecule has 0 fully saturated rings. The standard InChI is InChI=1S/C15H18ClN5O3/c1-4-13(22)9-19-14(23)21(18-17-19)15(24)20(10(2)3)12-7-5-11(16)6-8-12/h5-8,10H,4,9H2,1-3H3. The Morgan fingerprint density at radius 3 is 2.38 bits per heavy atom. The minimum absolute atomic E-state index is 0.171. The van der Waals surface area contributed by atoms with E-state index in [9.17, 15) is 14.4 Å². The van der Waals surface area contributed by atoms with Crippen molar-refractivity contribution in [3.8, 4) is 0 Å².